The molecule has 3 heteroatoms. The number of fused-ring (bicyclic) bond motifs is 10. The SMILES string of the molecule is c1ccc(-c2ccc(N(c3ccc4c(c3)c3ccccc3n4C3(c4ccc5ccccc5c4)c4ccccc4-c4ccccc43)c3cccc4oc5ccccc5c34)cc2)cc1. The second-order valence-corrected chi connectivity index (χ2v) is 16.4. The van der Waals surface area contributed by atoms with E-state index in [4.69, 9.17) is 4.42 Å². The van der Waals surface area contributed by atoms with E-state index in [1.54, 1.807) is 0 Å². The first-order valence-corrected chi connectivity index (χ1v) is 21.3. The van der Waals surface area contributed by atoms with Gasteiger partial charge in [-0.3, -0.25) is 0 Å². The minimum absolute atomic E-state index is 0.658. The predicted molar refractivity (Wildman–Crippen MR) is 258 cm³/mol. The third-order valence-electron chi connectivity index (χ3n) is 13.2. The minimum Gasteiger partial charge on any atom is -0.456 e. The van der Waals surface area contributed by atoms with Crippen LogP contribution in [-0.4, -0.2) is 4.57 Å². The molecule has 0 spiro atoms. The summed E-state index contributed by atoms with van der Waals surface area (Å²) in [5, 5.41) is 7.04. The summed E-state index contributed by atoms with van der Waals surface area (Å²) >= 11 is 0. The van der Waals surface area contributed by atoms with E-state index in [0.717, 1.165) is 39.0 Å². The van der Waals surface area contributed by atoms with Crippen LogP contribution in [0, 0.1) is 0 Å². The molecule has 0 amide bonds. The number of aromatic nitrogens is 1. The highest BCUT2D eigenvalue weighted by Gasteiger charge is 2.47. The lowest BCUT2D eigenvalue weighted by Crippen LogP contribution is -2.35. The third kappa shape index (κ3) is 4.94. The highest BCUT2D eigenvalue weighted by molar-refractivity contribution is 6.15. The van der Waals surface area contributed by atoms with Crippen molar-refractivity contribution >= 4 is 71.6 Å². The van der Waals surface area contributed by atoms with Crippen LogP contribution in [0.4, 0.5) is 17.1 Å². The molecule has 0 aliphatic heterocycles. The molecule has 0 saturated heterocycles. The summed E-state index contributed by atoms with van der Waals surface area (Å²) in [7, 11) is 0. The number of rotatable bonds is 6. The van der Waals surface area contributed by atoms with Crippen molar-refractivity contribution in [2.45, 2.75) is 5.54 Å². The molecule has 0 unspecified atom stereocenters. The van der Waals surface area contributed by atoms with Crippen molar-refractivity contribution in [1.82, 2.24) is 4.57 Å². The van der Waals surface area contributed by atoms with Gasteiger partial charge in [0.15, 0.2) is 0 Å². The topological polar surface area (TPSA) is 21.3 Å². The van der Waals surface area contributed by atoms with Crippen molar-refractivity contribution < 1.29 is 4.42 Å². The maximum Gasteiger partial charge on any atom is 0.137 e. The fraction of sp³-hybridized carbons (Fsp3) is 0.0169. The van der Waals surface area contributed by atoms with Gasteiger partial charge in [0.05, 0.1) is 22.1 Å². The molecule has 0 bridgehead atoms. The van der Waals surface area contributed by atoms with Crippen LogP contribution in [-0.2, 0) is 5.54 Å². The van der Waals surface area contributed by atoms with Crippen LogP contribution in [0.3, 0.4) is 0 Å². The van der Waals surface area contributed by atoms with Crippen molar-refractivity contribution in [2.24, 2.45) is 0 Å². The lowest BCUT2D eigenvalue weighted by molar-refractivity contribution is 0.564. The Balaban J connectivity index is 1.10. The van der Waals surface area contributed by atoms with Gasteiger partial charge in [-0.1, -0.05) is 170 Å². The van der Waals surface area contributed by atoms with Gasteiger partial charge in [0, 0.05) is 27.5 Å². The van der Waals surface area contributed by atoms with Gasteiger partial charge < -0.3 is 13.9 Å². The Kier molecular flexibility index (Phi) is 7.52. The molecule has 0 saturated carbocycles. The average Bonchev–Trinajstić information content (AvgIpc) is 3.99. The summed E-state index contributed by atoms with van der Waals surface area (Å²) in [4.78, 5) is 2.41. The molecule has 0 radical (unpaired) electrons. The van der Waals surface area contributed by atoms with E-state index in [1.807, 2.05) is 6.07 Å². The molecule has 62 heavy (non-hydrogen) atoms. The smallest absolute Gasteiger partial charge is 0.137 e. The number of benzene rings is 10. The number of furan rings is 1. The van der Waals surface area contributed by atoms with Crippen LogP contribution in [0.25, 0.3) is 76.8 Å². The zero-order valence-corrected chi connectivity index (χ0v) is 33.7. The first-order chi connectivity index (χ1) is 30.8. The molecule has 1 aliphatic carbocycles. The third-order valence-corrected chi connectivity index (χ3v) is 13.2. The second-order valence-electron chi connectivity index (χ2n) is 16.4. The van der Waals surface area contributed by atoms with Crippen molar-refractivity contribution in [1.29, 1.82) is 0 Å². The Morgan fingerprint density at radius 3 is 1.81 bits per heavy atom. The van der Waals surface area contributed by atoms with E-state index < -0.39 is 5.54 Å². The van der Waals surface area contributed by atoms with Crippen LogP contribution in [0.1, 0.15) is 16.7 Å². The summed E-state index contributed by atoms with van der Waals surface area (Å²) in [6.07, 6.45) is 0. The molecule has 0 fully saturated rings. The summed E-state index contributed by atoms with van der Waals surface area (Å²) in [5.74, 6) is 0. The number of hydrogen-bond donors (Lipinski definition) is 0. The maximum atomic E-state index is 6.49. The second kappa shape index (κ2) is 13.4. The zero-order chi connectivity index (χ0) is 40.8. The quantitative estimate of drug-likeness (QED) is 0.167. The Morgan fingerprint density at radius 1 is 0.387 bits per heavy atom. The van der Waals surface area contributed by atoms with E-state index in [9.17, 15) is 0 Å². The first kappa shape index (κ1) is 34.7. The molecule has 2 aromatic heterocycles. The zero-order valence-electron chi connectivity index (χ0n) is 33.7. The van der Waals surface area contributed by atoms with Gasteiger partial charge in [0.25, 0.3) is 0 Å². The van der Waals surface area contributed by atoms with Crippen LogP contribution < -0.4 is 4.90 Å². The normalized spacial score (nSPS) is 13.0. The summed E-state index contributed by atoms with van der Waals surface area (Å²) < 4.78 is 9.13. The standard InChI is InChI=1S/C59H38N2O/c1-2-15-39(16-3-1)41-30-33-44(34-31-41)60(55-26-14-28-57-58(55)49-22-9-13-27-56(49)62-57)45-35-36-54-50(38-45)48-21-8-12-25-53(48)61(54)59(43-32-29-40-17-4-5-18-42(40)37-43)51-23-10-6-19-46(51)47-20-7-11-24-52(47)59/h1-38H. The Labute approximate surface area is 359 Å². The Morgan fingerprint density at radius 2 is 1.00 bits per heavy atom. The van der Waals surface area contributed by atoms with Crippen LogP contribution in [0.2, 0.25) is 0 Å². The van der Waals surface area contributed by atoms with Crippen molar-refractivity contribution in [3.05, 3.63) is 247 Å². The lowest BCUT2D eigenvalue weighted by Gasteiger charge is -2.37. The molecule has 10 aromatic carbocycles. The highest BCUT2D eigenvalue weighted by atomic mass is 16.3. The van der Waals surface area contributed by atoms with Crippen molar-refractivity contribution in [3.63, 3.8) is 0 Å². The first-order valence-electron chi connectivity index (χ1n) is 21.3. The average molecular weight is 791 g/mol. The maximum absolute atomic E-state index is 6.49. The van der Waals surface area contributed by atoms with Gasteiger partial charge in [-0.05, 0) is 110 Å². The predicted octanol–water partition coefficient (Wildman–Crippen LogP) is 15.8. The monoisotopic (exact) mass is 790 g/mol. The molecule has 0 atom stereocenters. The summed E-state index contributed by atoms with van der Waals surface area (Å²) in [5.41, 5.74) is 15.3. The minimum atomic E-state index is -0.658. The van der Waals surface area contributed by atoms with Gasteiger partial charge in [0.1, 0.15) is 16.7 Å². The molecule has 1 aliphatic rings. The number of nitrogens with zero attached hydrogens (tertiary/aromatic N) is 2. The van der Waals surface area contributed by atoms with Crippen LogP contribution >= 0.6 is 0 Å². The number of hydrogen-bond acceptors (Lipinski definition) is 2. The lowest BCUT2D eigenvalue weighted by atomic mass is 9.79. The molecule has 2 heterocycles. The Bertz CT molecular complexity index is 3660. The fourth-order valence-electron chi connectivity index (χ4n) is 10.6. The molecular formula is C59H38N2O. The summed E-state index contributed by atoms with van der Waals surface area (Å²) in [6, 6.07) is 84.2. The van der Waals surface area contributed by atoms with Crippen molar-refractivity contribution in [3.8, 4) is 22.3 Å². The number of para-hydroxylation sites is 2. The molecule has 12 aromatic rings. The molecule has 0 N–H and O–H groups in total. The van der Waals surface area contributed by atoms with Crippen LogP contribution in [0.15, 0.2) is 235 Å². The van der Waals surface area contributed by atoms with Crippen molar-refractivity contribution in [2.75, 3.05) is 4.90 Å². The van der Waals surface area contributed by atoms with E-state index in [1.165, 1.54) is 71.5 Å². The van der Waals surface area contributed by atoms with Crippen LogP contribution in [0.5, 0.6) is 0 Å². The van der Waals surface area contributed by atoms with Gasteiger partial charge in [-0.2, -0.15) is 0 Å². The summed E-state index contributed by atoms with van der Waals surface area (Å²) in [6.45, 7) is 0. The van der Waals surface area contributed by atoms with E-state index >= 15 is 0 Å². The van der Waals surface area contributed by atoms with E-state index in [-0.39, 0.29) is 0 Å². The molecule has 290 valence electrons. The van der Waals surface area contributed by atoms with E-state index in [0.29, 0.717) is 0 Å². The van der Waals surface area contributed by atoms with E-state index in [2.05, 4.69) is 234 Å². The van der Waals surface area contributed by atoms with Gasteiger partial charge in [0.2, 0.25) is 0 Å². The molecular weight excluding hydrogens is 753 g/mol. The van der Waals surface area contributed by atoms with Gasteiger partial charge in [-0.25, -0.2) is 0 Å². The Hall–Kier alpha value is -8.14. The molecule has 13 rings (SSSR count). The molecule has 3 nitrogen and oxygen atoms in total. The number of anilines is 3. The highest BCUT2D eigenvalue weighted by Crippen LogP contribution is 2.56. The fourth-order valence-corrected chi connectivity index (χ4v) is 10.6. The largest absolute Gasteiger partial charge is 0.456 e. The van der Waals surface area contributed by atoms with Gasteiger partial charge in [-0.15, -0.1) is 0 Å². The van der Waals surface area contributed by atoms with Gasteiger partial charge >= 0.3 is 0 Å².